The van der Waals surface area contributed by atoms with E-state index in [0.29, 0.717) is 37.9 Å². The SMILES string of the molecule is CCCCOC(=O)N1CCc2c(cccc2NC(=O)Cc2ccc(C(F)(F)F)c(F)c2)C1. The number of rotatable bonds is 6. The molecule has 0 spiro atoms. The zero-order valence-corrected chi connectivity index (χ0v) is 17.6. The second-order valence-corrected chi connectivity index (χ2v) is 7.62. The molecule has 172 valence electrons. The van der Waals surface area contributed by atoms with E-state index in [0.717, 1.165) is 36.1 Å². The van der Waals surface area contributed by atoms with E-state index >= 15 is 0 Å². The zero-order chi connectivity index (χ0) is 23.3. The minimum atomic E-state index is -4.79. The summed E-state index contributed by atoms with van der Waals surface area (Å²) in [6, 6.07) is 7.79. The fraction of sp³-hybridized carbons (Fsp3) is 0.391. The molecule has 0 bridgehead atoms. The van der Waals surface area contributed by atoms with E-state index in [1.54, 1.807) is 17.0 Å². The maximum atomic E-state index is 13.8. The minimum Gasteiger partial charge on any atom is -0.449 e. The molecule has 2 amide bonds. The Kier molecular flexibility index (Phi) is 7.37. The molecule has 0 saturated heterocycles. The third-order valence-electron chi connectivity index (χ3n) is 5.23. The normalized spacial score (nSPS) is 13.5. The topological polar surface area (TPSA) is 58.6 Å². The van der Waals surface area contributed by atoms with Crippen LogP contribution >= 0.6 is 0 Å². The summed E-state index contributed by atoms with van der Waals surface area (Å²) in [5, 5.41) is 2.75. The Labute approximate surface area is 183 Å². The van der Waals surface area contributed by atoms with Gasteiger partial charge in [0.1, 0.15) is 5.82 Å². The highest BCUT2D eigenvalue weighted by atomic mass is 19.4. The number of alkyl halides is 3. The maximum absolute atomic E-state index is 13.8. The molecule has 0 unspecified atom stereocenters. The summed E-state index contributed by atoms with van der Waals surface area (Å²) in [7, 11) is 0. The average Bonchev–Trinajstić information content (AvgIpc) is 2.72. The predicted octanol–water partition coefficient (Wildman–Crippen LogP) is 5.32. The lowest BCUT2D eigenvalue weighted by atomic mass is 9.97. The van der Waals surface area contributed by atoms with E-state index in [9.17, 15) is 27.2 Å². The predicted molar refractivity (Wildman–Crippen MR) is 111 cm³/mol. The molecule has 2 aromatic carbocycles. The molecular weight excluding hydrogens is 428 g/mol. The van der Waals surface area contributed by atoms with Crippen LogP contribution in [-0.4, -0.2) is 30.1 Å². The minimum absolute atomic E-state index is 0.138. The highest BCUT2D eigenvalue weighted by Gasteiger charge is 2.34. The van der Waals surface area contributed by atoms with Gasteiger partial charge in [-0.25, -0.2) is 9.18 Å². The lowest BCUT2D eigenvalue weighted by Gasteiger charge is -2.29. The van der Waals surface area contributed by atoms with Crippen molar-refractivity contribution < 1.29 is 31.9 Å². The molecule has 2 aromatic rings. The molecule has 32 heavy (non-hydrogen) atoms. The Bertz CT molecular complexity index is 992. The van der Waals surface area contributed by atoms with Crippen molar-refractivity contribution >= 4 is 17.7 Å². The number of anilines is 1. The van der Waals surface area contributed by atoms with Gasteiger partial charge in [-0.15, -0.1) is 0 Å². The number of benzene rings is 2. The zero-order valence-electron chi connectivity index (χ0n) is 17.6. The first-order chi connectivity index (χ1) is 15.2. The number of carbonyl (C=O) groups excluding carboxylic acids is 2. The number of hydrogen-bond acceptors (Lipinski definition) is 3. The van der Waals surface area contributed by atoms with Gasteiger partial charge in [-0.2, -0.15) is 13.2 Å². The molecule has 3 rings (SSSR count). The first kappa shape index (κ1) is 23.6. The van der Waals surface area contributed by atoms with Gasteiger partial charge in [0.05, 0.1) is 18.6 Å². The largest absolute Gasteiger partial charge is 0.449 e. The van der Waals surface area contributed by atoms with E-state index in [1.165, 1.54) is 0 Å². The van der Waals surface area contributed by atoms with Crippen molar-refractivity contribution in [3.63, 3.8) is 0 Å². The van der Waals surface area contributed by atoms with E-state index in [-0.39, 0.29) is 18.1 Å². The Morgan fingerprint density at radius 1 is 1.19 bits per heavy atom. The van der Waals surface area contributed by atoms with Crippen molar-refractivity contribution in [3.05, 3.63) is 64.5 Å². The molecule has 5 nitrogen and oxygen atoms in total. The van der Waals surface area contributed by atoms with Gasteiger partial charge in [0.15, 0.2) is 0 Å². The number of fused-ring (bicyclic) bond motifs is 1. The highest BCUT2D eigenvalue weighted by molar-refractivity contribution is 5.93. The van der Waals surface area contributed by atoms with Crippen LogP contribution < -0.4 is 5.32 Å². The molecule has 0 fully saturated rings. The van der Waals surface area contributed by atoms with Crippen LogP contribution in [0.15, 0.2) is 36.4 Å². The smallest absolute Gasteiger partial charge is 0.419 e. The van der Waals surface area contributed by atoms with Crippen LogP contribution in [0.25, 0.3) is 0 Å². The standard InChI is InChI=1S/C23H24F4N2O3/c1-2-3-11-32-22(31)29-10-9-17-16(14-29)5-4-6-20(17)28-21(30)13-15-7-8-18(19(24)12-15)23(25,26)27/h4-8,12H,2-3,9-11,13-14H2,1H3,(H,28,30). The van der Waals surface area contributed by atoms with E-state index in [2.05, 4.69) is 5.32 Å². The van der Waals surface area contributed by atoms with Gasteiger partial charge in [0.25, 0.3) is 0 Å². The summed E-state index contributed by atoms with van der Waals surface area (Å²) in [5.41, 5.74) is 1.10. The van der Waals surface area contributed by atoms with Crippen molar-refractivity contribution in [2.24, 2.45) is 0 Å². The summed E-state index contributed by atoms with van der Waals surface area (Å²) < 4.78 is 57.1. The third kappa shape index (κ3) is 5.77. The monoisotopic (exact) mass is 452 g/mol. The molecule has 1 aliphatic rings. The Morgan fingerprint density at radius 3 is 2.66 bits per heavy atom. The Morgan fingerprint density at radius 2 is 1.97 bits per heavy atom. The Balaban J connectivity index is 1.64. The quantitative estimate of drug-likeness (QED) is 0.477. The number of unbranched alkanes of at least 4 members (excludes halogenated alkanes) is 1. The lowest BCUT2D eigenvalue weighted by Crippen LogP contribution is -2.37. The van der Waals surface area contributed by atoms with Crippen LogP contribution in [0.1, 0.15) is 42.0 Å². The van der Waals surface area contributed by atoms with Gasteiger partial charge in [-0.3, -0.25) is 4.79 Å². The summed E-state index contributed by atoms with van der Waals surface area (Å²) >= 11 is 0. The number of amides is 2. The van der Waals surface area contributed by atoms with Crippen molar-refractivity contribution in [1.82, 2.24) is 4.90 Å². The number of halogens is 4. The number of hydrogen-bond donors (Lipinski definition) is 1. The van der Waals surface area contributed by atoms with Crippen LogP contribution in [-0.2, 0) is 35.1 Å². The van der Waals surface area contributed by atoms with Gasteiger partial charge in [0, 0.05) is 18.8 Å². The lowest BCUT2D eigenvalue weighted by molar-refractivity contribution is -0.140. The van der Waals surface area contributed by atoms with Gasteiger partial charge < -0.3 is 15.0 Å². The van der Waals surface area contributed by atoms with Crippen LogP contribution in [0.3, 0.4) is 0 Å². The highest BCUT2D eigenvalue weighted by Crippen LogP contribution is 2.32. The molecule has 0 radical (unpaired) electrons. The van der Waals surface area contributed by atoms with E-state index in [1.807, 2.05) is 13.0 Å². The fourth-order valence-corrected chi connectivity index (χ4v) is 3.56. The van der Waals surface area contributed by atoms with Crippen LogP contribution in [0.5, 0.6) is 0 Å². The number of ether oxygens (including phenoxy) is 1. The summed E-state index contributed by atoms with van der Waals surface area (Å²) in [4.78, 5) is 26.2. The number of nitrogens with one attached hydrogen (secondary N) is 1. The first-order valence-electron chi connectivity index (χ1n) is 10.4. The molecular formula is C23H24F4N2O3. The molecule has 1 aliphatic heterocycles. The fourth-order valence-electron chi connectivity index (χ4n) is 3.56. The van der Waals surface area contributed by atoms with E-state index in [4.69, 9.17) is 4.74 Å². The maximum Gasteiger partial charge on any atom is 0.419 e. The van der Waals surface area contributed by atoms with Gasteiger partial charge in [-0.05, 0) is 47.7 Å². The van der Waals surface area contributed by atoms with Crippen LogP contribution in [0.2, 0.25) is 0 Å². The summed E-state index contributed by atoms with van der Waals surface area (Å²) in [6.45, 7) is 3.18. The molecule has 1 heterocycles. The van der Waals surface area contributed by atoms with Crippen LogP contribution in [0, 0.1) is 5.82 Å². The summed E-state index contributed by atoms with van der Waals surface area (Å²) in [5.74, 6) is -1.88. The summed E-state index contributed by atoms with van der Waals surface area (Å²) in [6.07, 6.45) is -3.18. The molecule has 0 aliphatic carbocycles. The van der Waals surface area contributed by atoms with Crippen molar-refractivity contribution in [1.29, 1.82) is 0 Å². The van der Waals surface area contributed by atoms with Gasteiger partial charge in [-0.1, -0.05) is 31.5 Å². The Hall–Kier alpha value is -3.10. The average molecular weight is 452 g/mol. The third-order valence-corrected chi connectivity index (χ3v) is 5.23. The van der Waals surface area contributed by atoms with Gasteiger partial charge >= 0.3 is 12.3 Å². The molecule has 9 heteroatoms. The molecule has 0 saturated carbocycles. The van der Waals surface area contributed by atoms with Crippen molar-refractivity contribution in [3.8, 4) is 0 Å². The van der Waals surface area contributed by atoms with Crippen molar-refractivity contribution in [2.75, 3.05) is 18.5 Å². The van der Waals surface area contributed by atoms with Gasteiger partial charge in [0.2, 0.25) is 5.91 Å². The molecule has 0 atom stereocenters. The second kappa shape index (κ2) is 10.0. The van der Waals surface area contributed by atoms with Crippen LogP contribution in [0.4, 0.5) is 28.0 Å². The molecule has 0 aromatic heterocycles. The second-order valence-electron chi connectivity index (χ2n) is 7.62. The van der Waals surface area contributed by atoms with E-state index < -0.39 is 23.5 Å². The molecule has 1 N–H and O–H groups in total. The first-order valence-corrected chi connectivity index (χ1v) is 10.4. The van der Waals surface area contributed by atoms with Crippen molar-refractivity contribution in [2.45, 2.75) is 45.3 Å². The number of nitrogens with zero attached hydrogens (tertiary/aromatic N) is 1. The number of carbonyl (C=O) groups is 2.